The molecule has 2 unspecified atom stereocenters. The van der Waals surface area contributed by atoms with Gasteiger partial charge in [0.1, 0.15) is 11.3 Å². The molecule has 2 N–H and O–H groups in total. The minimum Gasteiger partial charge on any atom is -0.390 e. The van der Waals surface area contributed by atoms with Gasteiger partial charge in [-0.15, -0.1) is 0 Å². The Labute approximate surface area is 113 Å². The normalized spacial score (nSPS) is 13.8. The van der Waals surface area contributed by atoms with Crippen LogP contribution in [0.25, 0.3) is 21.2 Å². The summed E-state index contributed by atoms with van der Waals surface area (Å²) in [7, 11) is 0. The first kappa shape index (κ1) is 13.6. The first-order chi connectivity index (χ1) is 9.15. The Bertz CT molecular complexity index is 643. The maximum atomic E-state index is 10.1. The van der Waals surface area contributed by atoms with Gasteiger partial charge < -0.3 is 10.2 Å². The predicted octanol–water partition coefficient (Wildman–Crippen LogP) is 2.59. The van der Waals surface area contributed by atoms with Gasteiger partial charge in [0.25, 0.3) is 0 Å². The number of pyridine rings is 1. The molecule has 2 rings (SSSR count). The van der Waals surface area contributed by atoms with Crippen LogP contribution in [0.5, 0.6) is 0 Å². The summed E-state index contributed by atoms with van der Waals surface area (Å²) in [4.78, 5) is 6.53. The molecule has 0 bridgehead atoms. The quantitative estimate of drug-likeness (QED) is 0.389. The third kappa shape index (κ3) is 2.77. The third-order valence-corrected chi connectivity index (χ3v) is 3.09. The molecule has 0 radical (unpaired) electrons. The average molecular weight is 279 g/mol. The van der Waals surface area contributed by atoms with Crippen molar-refractivity contribution in [1.82, 2.24) is 4.98 Å². The van der Waals surface area contributed by atoms with Crippen molar-refractivity contribution < 1.29 is 10.2 Å². The van der Waals surface area contributed by atoms with Gasteiger partial charge in [-0.3, -0.25) is 0 Å². The van der Waals surface area contributed by atoms with Gasteiger partial charge >= 0.3 is 0 Å². The predicted molar refractivity (Wildman–Crippen MR) is 71.7 cm³/mol. The molecule has 0 saturated heterocycles. The van der Waals surface area contributed by atoms with Crippen LogP contribution in [0.3, 0.4) is 0 Å². The molecular formula is C12H11ClN4O2. The van der Waals surface area contributed by atoms with Gasteiger partial charge in [-0.2, -0.15) is 0 Å². The van der Waals surface area contributed by atoms with Crippen LogP contribution in [0.15, 0.2) is 35.6 Å². The van der Waals surface area contributed by atoms with Gasteiger partial charge in [0.2, 0.25) is 0 Å². The SMILES string of the molecule is [N-]=[N+]=NCC(O)C(O)c1cnc(Cl)c2ccccc12. The number of benzene rings is 1. The van der Waals surface area contributed by atoms with Crippen molar-refractivity contribution in [3.8, 4) is 0 Å². The fourth-order valence-corrected chi connectivity index (χ4v) is 2.06. The Morgan fingerprint density at radius 1 is 1.32 bits per heavy atom. The number of hydrogen-bond donors (Lipinski definition) is 2. The fraction of sp³-hybridized carbons (Fsp3) is 0.250. The van der Waals surface area contributed by atoms with Crippen LogP contribution in [0, 0.1) is 0 Å². The van der Waals surface area contributed by atoms with Crippen molar-refractivity contribution >= 4 is 22.4 Å². The minimum atomic E-state index is -1.19. The number of fused-ring (bicyclic) bond motifs is 1. The summed E-state index contributed by atoms with van der Waals surface area (Å²) >= 11 is 5.98. The van der Waals surface area contributed by atoms with Crippen LogP contribution >= 0.6 is 11.6 Å². The number of hydrogen-bond acceptors (Lipinski definition) is 4. The highest BCUT2D eigenvalue weighted by Crippen LogP contribution is 2.29. The van der Waals surface area contributed by atoms with Crippen molar-refractivity contribution in [3.63, 3.8) is 0 Å². The van der Waals surface area contributed by atoms with E-state index in [2.05, 4.69) is 15.0 Å². The van der Waals surface area contributed by atoms with Crippen LogP contribution in [-0.4, -0.2) is 27.8 Å². The summed E-state index contributed by atoms with van der Waals surface area (Å²) in [5.74, 6) is 0. The van der Waals surface area contributed by atoms with Crippen molar-refractivity contribution in [1.29, 1.82) is 0 Å². The van der Waals surface area contributed by atoms with E-state index in [1.165, 1.54) is 6.20 Å². The van der Waals surface area contributed by atoms with E-state index >= 15 is 0 Å². The molecule has 0 amide bonds. The lowest BCUT2D eigenvalue weighted by molar-refractivity contribution is 0.0251. The molecule has 0 fully saturated rings. The first-order valence-electron chi connectivity index (χ1n) is 5.55. The fourth-order valence-electron chi connectivity index (χ4n) is 1.84. The molecule has 7 heteroatoms. The molecule has 0 aliphatic heterocycles. The average Bonchev–Trinajstić information content (AvgIpc) is 2.45. The topological polar surface area (TPSA) is 102 Å². The highest BCUT2D eigenvalue weighted by molar-refractivity contribution is 6.34. The lowest BCUT2D eigenvalue weighted by atomic mass is 10.00. The van der Waals surface area contributed by atoms with E-state index in [0.717, 1.165) is 0 Å². The molecule has 0 saturated carbocycles. The van der Waals surface area contributed by atoms with Crippen molar-refractivity contribution in [3.05, 3.63) is 51.6 Å². The van der Waals surface area contributed by atoms with Gasteiger partial charge in [0.05, 0.1) is 12.6 Å². The molecule has 0 aliphatic carbocycles. The minimum absolute atomic E-state index is 0.214. The summed E-state index contributed by atoms with van der Waals surface area (Å²) in [6.45, 7) is -0.214. The first-order valence-corrected chi connectivity index (χ1v) is 5.93. The molecule has 2 atom stereocenters. The summed E-state index contributed by atoms with van der Waals surface area (Å²) < 4.78 is 0. The Kier molecular flexibility index (Phi) is 4.19. The summed E-state index contributed by atoms with van der Waals surface area (Å²) in [6.07, 6.45) is -0.975. The highest BCUT2D eigenvalue weighted by Gasteiger charge is 2.20. The summed E-state index contributed by atoms with van der Waals surface area (Å²) in [5, 5.41) is 24.8. The number of azide groups is 1. The maximum Gasteiger partial charge on any atom is 0.136 e. The molecule has 6 nitrogen and oxygen atoms in total. The summed E-state index contributed by atoms with van der Waals surface area (Å²) in [6, 6.07) is 7.17. The van der Waals surface area contributed by atoms with Crippen LogP contribution < -0.4 is 0 Å². The molecule has 0 aliphatic rings. The lowest BCUT2D eigenvalue weighted by Crippen LogP contribution is -2.21. The molecular weight excluding hydrogens is 268 g/mol. The molecule has 1 heterocycles. The van der Waals surface area contributed by atoms with Gasteiger partial charge in [-0.05, 0) is 10.9 Å². The van der Waals surface area contributed by atoms with Gasteiger partial charge in [0, 0.05) is 22.1 Å². The van der Waals surface area contributed by atoms with Crippen molar-refractivity contribution in [2.45, 2.75) is 12.2 Å². The number of nitrogens with zero attached hydrogens (tertiary/aromatic N) is 4. The van der Waals surface area contributed by atoms with Crippen LogP contribution in [0.1, 0.15) is 11.7 Å². The van der Waals surface area contributed by atoms with E-state index in [4.69, 9.17) is 17.1 Å². The second-order valence-corrected chi connectivity index (χ2v) is 4.33. The van der Waals surface area contributed by atoms with E-state index in [-0.39, 0.29) is 6.54 Å². The van der Waals surface area contributed by atoms with Crippen LogP contribution in [0.2, 0.25) is 5.15 Å². The molecule has 0 spiro atoms. The standard InChI is InChI=1S/C12H11ClN4O2/c13-12-8-4-2-1-3-7(8)9(5-15-12)11(19)10(18)6-16-17-14/h1-5,10-11,18-19H,6H2. The molecule has 98 valence electrons. The van der Waals surface area contributed by atoms with Crippen LogP contribution in [0.4, 0.5) is 0 Å². The van der Waals surface area contributed by atoms with Crippen LogP contribution in [-0.2, 0) is 0 Å². The van der Waals surface area contributed by atoms with E-state index in [9.17, 15) is 10.2 Å². The number of aliphatic hydroxyl groups is 2. The monoisotopic (exact) mass is 278 g/mol. The summed E-state index contributed by atoms with van der Waals surface area (Å²) in [5.41, 5.74) is 8.66. The molecule has 19 heavy (non-hydrogen) atoms. The number of aliphatic hydroxyl groups excluding tert-OH is 2. The van der Waals surface area contributed by atoms with Gasteiger partial charge in [0.15, 0.2) is 0 Å². The Hall–Kier alpha value is -1.85. The second-order valence-electron chi connectivity index (χ2n) is 3.98. The number of halogens is 1. The lowest BCUT2D eigenvalue weighted by Gasteiger charge is -2.18. The number of aromatic nitrogens is 1. The highest BCUT2D eigenvalue weighted by atomic mass is 35.5. The zero-order chi connectivity index (χ0) is 13.8. The smallest absolute Gasteiger partial charge is 0.136 e. The van der Waals surface area contributed by atoms with E-state index in [1.807, 2.05) is 6.07 Å². The van der Waals surface area contributed by atoms with E-state index < -0.39 is 12.2 Å². The largest absolute Gasteiger partial charge is 0.390 e. The third-order valence-electron chi connectivity index (χ3n) is 2.79. The Morgan fingerprint density at radius 2 is 2.00 bits per heavy atom. The van der Waals surface area contributed by atoms with E-state index in [1.54, 1.807) is 18.2 Å². The molecule has 1 aromatic heterocycles. The van der Waals surface area contributed by atoms with Gasteiger partial charge in [-0.1, -0.05) is 41.0 Å². The molecule has 2 aromatic rings. The Morgan fingerprint density at radius 3 is 2.68 bits per heavy atom. The van der Waals surface area contributed by atoms with E-state index in [0.29, 0.717) is 21.5 Å². The number of rotatable bonds is 4. The maximum absolute atomic E-state index is 10.1. The zero-order valence-electron chi connectivity index (χ0n) is 9.81. The van der Waals surface area contributed by atoms with Gasteiger partial charge in [-0.25, -0.2) is 4.98 Å². The van der Waals surface area contributed by atoms with Crippen molar-refractivity contribution in [2.75, 3.05) is 6.54 Å². The second kappa shape index (κ2) is 5.86. The Balaban J connectivity index is 2.45. The van der Waals surface area contributed by atoms with Crippen molar-refractivity contribution in [2.24, 2.45) is 5.11 Å². The molecule has 1 aromatic carbocycles. The zero-order valence-corrected chi connectivity index (χ0v) is 10.6.